The van der Waals surface area contributed by atoms with Crippen LogP contribution in [0.5, 0.6) is 0 Å². The Labute approximate surface area is 178 Å². The van der Waals surface area contributed by atoms with Crippen LogP contribution in [0.25, 0.3) is 16.6 Å². The van der Waals surface area contributed by atoms with Crippen molar-refractivity contribution in [3.8, 4) is 5.69 Å². The molecule has 1 atom stereocenters. The molecule has 0 bridgehead atoms. The first-order chi connectivity index (χ1) is 14.8. The molecule has 0 aliphatic carbocycles. The van der Waals surface area contributed by atoms with Crippen molar-refractivity contribution in [2.24, 2.45) is 5.73 Å². The second kappa shape index (κ2) is 8.43. The van der Waals surface area contributed by atoms with Gasteiger partial charge in [0.15, 0.2) is 0 Å². The van der Waals surface area contributed by atoms with Gasteiger partial charge >= 0.3 is 0 Å². The molecule has 2 heterocycles. The Balaban J connectivity index is 1.74. The molecule has 31 heavy (non-hydrogen) atoms. The third kappa shape index (κ3) is 4.36. The van der Waals surface area contributed by atoms with Gasteiger partial charge in [-0.3, -0.25) is 14.3 Å². The van der Waals surface area contributed by atoms with Crippen molar-refractivity contribution in [1.82, 2.24) is 14.5 Å². The molecule has 1 aliphatic heterocycles. The van der Waals surface area contributed by atoms with E-state index in [-0.39, 0.29) is 35.3 Å². The van der Waals surface area contributed by atoms with Crippen LogP contribution in [-0.2, 0) is 6.42 Å². The zero-order valence-electron chi connectivity index (χ0n) is 17.3. The molecule has 2 N–H and O–H groups in total. The van der Waals surface area contributed by atoms with Gasteiger partial charge in [-0.15, -0.1) is 0 Å². The van der Waals surface area contributed by atoms with Gasteiger partial charge in [0, 0.05) is 13.0 Å². The zero-order valence-corrected chi connectivity index (χ0v) is 17.3. The number of aryl methyl sites for hydroxylation is 1. The Bertz CT molecular complexity index is 1150. The second-order valence-electron chi connectivity index (χ2n) is 8.15. The summed E-state index contributed by atoms with van der Waals surface area (Å²) in [5.41, 5.74) is 6.93. The molecule has 0 spiro atoms. The fourth-order valence-corrected chi connectivity index (χ4v) is 4.17. The highest BCUT2D eigenvalue weighted by Gasteiger charge is 2.37. The van der Waals surface area contributed by atoms with Gasteiger partial charge in [0.25, 0.3) is 11.5 Å². The number of rotatable bonds is 6. The molecule has 1 fully saturated rings. The zero-order chi connectivity index (χ0) is 22.2. The van der Waals surface area contributed by atoms with Crippen LogP contribution in [0.2, 0.25) is 0 Å². The minimum Gasteiger partial charge on any atom is -0.322 e. The summed E-state index contributed by atoms with van der Waals surface area (Å²) in [7, 11) is 0. The van der Waals surface area contributed by atoms with Crippen molar-refractivity contribution in [3.05, 3.63) is 70.0 Å². The molecule has 164 valence electrons. The Morgan fingerprint density at radius 2 is 1.94 bits per heavy atom. The standard InChI is InChI=1S/C23H25F3N4O/c1-15(27)21-28-20-18(24)10-9-16(6-5-12-29-13-11-23(25,26)14-29)19(20)22(31)30(21)17-7-3-2-4-8-17/h2-4,7-10,15H,5-6,11-14,27H2,1H3. The number of nitrogens with zero attached hydrogens (tertiary/aromatic N) is 3. The maximum atomic E-state index is 14.6. The molecular weight excluding hydrogens is 405 g/mol. The molecule has 1 aliphatic rings. The number of likely N-dealkylation sites (tertiary alicyclic amines) is 1. The summed E-state index contributed by atoms with van der Waals surface area (Å²) in [5, 5.41) is 0.208. The van der Waals surface area contributed by atoms with Crippen LogP contribution in [0.3, 0.4) is 0 Å². The van der Waals surface area contributed by atoms with Crippen molar-refractivity contribution in [3.63, 3.8) is 0 Å². The predicted molar refractivity (Wildman–Crippen MR) is 114 cm³/mol. The SMILES string of the molecule is CC(N)c1nc2c(F)ccc(CCCN3CCC(F)(F)C3)c2c(=O)n1-c1ccccc1. The summed E-state index contributed by atoms with van der Waals surface area (Å²) in [6.07, 6.45) is 0.914. The maximum Gasteiger partial charge on any atom is 0.266 e. The van der Waals surface area contributed by atoms with Crippen molar-refractivity contribution in [1.29, 1.82) is 0 Å². The fourth-order valence-electron chi connectivity index (χ4n) is 4.17. The summed E-state index contributed by atoms with van der Waals surface area (Å²) >= 11 is 0. The minimum atomic E-state index is -2.63. The topological polar surface area (TPSA) is 64.2 Å². The Morgan fingerprint density at radius 1 is 1.19 bits per heavy atom. The monoisotopic (exact) mass is 430 g/mol. The summed E-state index contributed by atoms with van der Waals surface area (Å²) in [5.74, 6) is -2.94. The summed E-state index contributed by atoms with van der Waals surface area (Å²) in [6.45, 7) is 2.31. The molecule has 3 aromatic rings. The third-order valence-electron chi connectivity index (χ3n) is 5.68. The molecular formula is C23H25F3N4O. The highest BCUT2D eigenvalue weighted by molar-refractivity contribution is 5.82. The van der Waals surface area contributed by atoms with E-state index in [0.717, 1.165) is 0 Å². The van der Waals surface area contributed by atoms with Gasteiger partial charge in [0.2, 0.25) is 0 Å². The molecule has 1 saturated heterocycles. The number of aromatic nitrogens is 2. The van der Waals surface area contributed by atoms with Crippen molar-refractivity contribution < 1.29 is 13.2 Å². The number of halogens is 3. The average molecular weight is 430 g/mol. The van der Waals surface area contributed by atoms with E-state index in [9.17, 15) is 18.0 Å². The number of benzene rings is 2. The Hall–Kier alpha value is -2.71. The molecule has 4 rings (SSSR count). The molecule has 1 aromatic heterocycles. The first-order valence-electron chi connectivity index (χ1n) is 10.4. The lowest BCUT2D eigenvalue weighted by atomic mass is 10.0. The average Bonchev–Trinajstić information content (AvgIpc) is 3.08. The van der Waals surface area contributed by atoms with Crippen LogP contribution >= 0.6 is 0 Å². The van der Waals surface area contributed by atoms with Crippen LogP contribution in [0.15, 0.2) is 47.3 Å². The summed E-state index contributed by atoms with van der Waals surface area (Å²) < 4.78 is 42.9. The fraction of sp³-hybridized carbons (Fsp3) is 0.391. The first-order valence-corrected chi connectivity index (χ1v) is 10.4. The van der Waals surface area contributed by atoms with Gasteiger partial charge in [-0.1, -0.05) is 24.3 Å². The van der Waals surface area contributed by atoms with E-state index >= 15 is 0 Å². The summed E-state index contributed by atoms with van der Waals surface area (Å²) in [4.78, 5) is 19.7. The molecule has 1 unspecified atom stereocenters. The van der Waals surface area contributed by atoms with E-state index in [2.05, 4.69) is 4.98 Å². The number of hydrogen-bond acceptors (Lipinski definition) is 4. The van der Waals surface area contributed by atoms with Gasteiger partial charge in [-0.05, 0) is 50.1 Å². The lowest BCUT2D eigenvalue weighted by Crippen LogP contribution is -2.29. The van der Waals surface area contributed by atoms with E-state index < -0.39 is 17.8 Å². The smallest absolute Gasteiger partial charge is 0.266 e. The summed E-state index contributed by atoms with van der Waals surface area (Å²) in [6, 6.07) is 11.3. The van der Waals surface area contributed by atoms with Gasteiger partial charge in [-0.25, -0.2) is 18.2 Å². The largest absolute Gasteiger partial charge is 0.322 e. The van der Waals surface area contributed by atoms with E-state index in [4.69, 9.17) is 5.73 Å². The maximum absolute atomic E-state index is 14.6. The van der Waals surface area contributed by atoms with Gasteiger partial charge in [0.1, 0.15) is 17.2 Å². The van der Waals surface area contributed by atoms with E-state index in [1.165, 1.54) is 10.6 Å². The Morgan fingerprint density at radius 3 is 2.58 bits per heavy atom. The second-order valence-corrected chi connectivity index (χ2v) is 8.15. The van der Waals surface area contributed by atoms with Crippen molar-refractivity contribution in [2.45, 2.75) is 38.2 Å². The van der Waals surface area contributed by atoms with Crippen molar-refractivity contribution >= 4 is 10.9 Å². The number of fused-ring (bicyclic) bond motifs is 1. The van der Waals surface area contributed by atoms with Crippen LogP contribution < -0.4 is 11.3 Å². The third-order valence-corrected chi connectivity index (χ3v) is 5.68. The molecule has 2 aromatic carbocycles. The number of hydrogen-bond donors (Lipinski definition) is 1. The predicted octanol–water partition coefficient (Wildman–Crippen LogP) is 3.82. The normalized spacial score (nSPS) is 17.3. The molecule has 0 saturated carbocycles. The van der Waals surface area contributed by atoms with E-state index in [1.54, 1.807) is 42.2 Å². The molecule has 0 amide bonds. The van der Waals surface area contributed by atoms with Crippen LogP contribution in [-0.4, -0.2) is 40.0 Å². The number of para-hydroxylation sites is 1. The minimum absolute atomic E-state index is 0.00492. The van der Waals surface area contributed by atoms with Crippen LogP contribution in [0.4, 0.5) is 13.2 Å². The van der Waals surface area contributed by atoms with Gasteiger partial charge < -0.3 is 5.73 Å². The quantitative estimate of drug-likeness (QED) is 0.646. The van der Waals surface area contributed by atoms with Crippen LogP contribution in [0, 0.1) is 5.82 Å². The number of alkyl halides is 2. The molecule has 8 heteroatoms. The number of nitrogens with two attached hydrogens (primary N) is 1. The lowest BCUT2D eigenvalue weighted by molar-refractivity contribution is 0.0122. The van der Waals surface area contributed by atoms with Gasteiger partial charge in [0.05, 0.1) is 23.7 Å². The van der Waals surface area contributed by atoms with Gasteiger partial charge in [-0.2, -0.15) is 0 Å². The van der Waals surface area contributed by atoms with Crippen LogP contribution in [0.1, 0.15) is 37.2 Å². The highest BCUT2D eigenvalue weighted by Crippen LogP contribution is 2.27. The van der Waals surface area contributed by atoms with E-state index in [1.807, 2.05) is 6.07 Å². The van der Waals surface area contributed by atoms with Crippen molar-refractivity contribution in [2.75, 3.05) is 19.6 Å². The molecule has 5 nitrogen and oxygen atoms in total. The highest BCUT2D eigenvalue weighted by atomic mass is 19.3. The molecule has 0 radical (unpaired) electrons. The first kappa shape index (κ1) is 21.5. The Kier molecular flexibility index (Phi) is 5.85. The van der Waals surface area contributed by atoms with E-state index in [0.29, 0.717) is 37.2 Å². The lowest BCUT2D eigenvalue weighted by Gasteiger charge is -2.18.